The second-order valence-corrected chi connectivity index (χ2v) is 6.55. The van der Waals surface area contributed by atoms with E-state index < -0.39 is 0 Å². The highest BCUT2D eigenvalue weighted by molar-refractivity contribution is 7.80. The number of carbonyl (C=O) groups excluding carboxylic acids is 1. The van der Waals surface area contributed by atoms with E-state index >= 15 is 0 Å². The molecule has 3 N–H and O–H groups in total. The number of hydrogen-bond acceptors (Lipinski definition) is 2. The summed E-state index contributed by atoms with van der Waals surface area (Å²) in [5.74, 6) is -0.334. The van der Waals surface area contributed by atoms with Crippen LogP contribution in [0.4, 0.5) is 0 Å². The van der Waals surface area contributed by atoms with Gasteiger partial charge in [0.05, 0.1) is 10.0 Å². The Hall–Kier alpha value is -1.30. The monoisotopic (exact) mass is 345 g/mol. The van der Waals surface area contributed by atoms with Crippen molar-refractivity contribution in [2.45, 2.75) is 26.3 Å². The summed E-state index contributed by atoms with van der Waals surface area (Å²) in [6.07, 6.45) is 2.99. The van der Waals surface area contributed by atoms with E-state index in [1.807, 2.05) is 20.8 Å². The Morgan fingerprint density at radius 3 is 2.43 bits per heavy atom. The Bertz CT molecular complexity index is 568. The fourth-order valence-electron chi connectivity index (χ4n) is 1.32. The Kier molecular flexibility index (Phi) is 6.45. The molecular weight excluding hydrogens is 329 g/mol. The van der Waals surface area contributed by atoms with Crippen LogP contribution >= 0.6 is 35.4 Å². The maximum atomic E-state index is 11.6. The Morgan fingerprint density at radius 2 is 1.86 bits per heavy atom. The van der Waals surface area contributed by atoms with Crippen molar-refractivity contribution in [1.29, 1.82) is 0 Å². The molecule has 114 valence electrons. The van der Waals surface area contributed by atoms with E-state index in [0.717, 1.165) is 5.56 Å². The van der Waals surface area contributed by atoms with Crippen LogP contribution in [0.2, 0.25) is 10.0 Å². The van der Waals surface area contributed by atoms with Gasteiger partial charge < -0.3 is 5.32 Å². The normalized spacial score (nSPS) is 11.3. The third kappa shape index (κ3) is 7.32. The second kappa shape index (κ2) is 7.64. The Morgan fingerprint density at radius 1 is 1.19 bits per heavy atom. The molecule has 0 aliphatic carbocycles. The van der Waals surface area contributed by atoms with Crippen molar-refractivity contribution in [2.24, 2.45) is 0 Å². The molecule has 0 radical (unpaired) electrons. The summed E-state index contributed by atoms with van der Waals surface area (Å²) >= 11 is 16.7. The molecule has 0 aliphatic heterocycles. The molecule has 0 unspecified atom stereocenters. The molecule has 0 bridgehead atoms. The molecule has 1 amide bonds. The summed E-state index contributed by atoms with van der Waals surface area (Å²) in [7, 11) is 0. The number of nitrogens with one attached hydrogen (secondary N) is 3. The average molecular weight is 346 g/mol. The van der Waals surface area contributed by atoms with Crippen molar-refractivity contribution in [1.82, 2.24) is 16.2 Å². The molecule has 0 aromatic heterocycles. The third-order valence-corrected chi connectivity index (χ3v) is 3.10. The summed E-state index contributed by atoms with van der Waals surface area (Å²) in [4.78, 5) is 11.6. The number of amides is 1. The van der Waals surface area contributed by atoms with E-state index in [-0.39, 0.29) is 11.4 Å². The lowest BCUT2D eigenvalue weighted by Crippen LogP contribution is -2.51. The first-order valence-corrected chi connectivity index (χ1v) is 7.35. The molecule has 0 fully saturated rings. The lowest BCUT2D eigenvalue weighted by atomic mass is 10.1. The van der Waals surface area contributed by atoms with Crippen LogP contribution in [0.25, 0.3) is 6.08 Å². The Balaban J connectivity index is 2.48. The molecule has 0 atom stereocenters. The number of hydrogen-bond donors (Lipinski definition) is 3. The van der Waals surface area contributed by atoms with E-state index in [1.54, 1.807) is 24.3 Å². The standard InChI is InChI=1S/C14H17Cl2N3OS/c1-14(2,3)17-13(21)19-18-12(20)7-5-9-4-6-10(15)11(16)8-9/h4-8H,1-3H3,(H,18,20)(H2,17,19,21)/b7-5+. The molecular formula is C14H17Cl2N3OS. The number of benzene rings is 1. The quantitative estimate of drug-likeness (QED) is 0.437. The summed E-state index contributed by atoms with van der Waals surface area (Å²) in [6.45, 7) is 5.90. The topological polar surface area (TPSA) is 53.2 Å². The maximum Gasteiger partial charge on any atom is 0.262 e. The highest BCUT2D eigenvalue weighted by Crippen LogP contribution is 2.22. The van der Waals surface area contributed by atoms with Crippen LogP contribution in [-0.4, -0.2) is 16.6 Å². The van der Waals surface area contributed by atoms with Crippen molar-refractivity contribution in [3.8, 4) is 0 Å². The first kappa shape index (κ1) is 17.8. The molecule has 0 spiro atoms. The lowest BCUT2D eigenvalue weighted by molar-refractivity contribution is -0.117. The van der Waals surface area contributed by atoms with E-state index in [0.29, 0.717) is 15.2 Å². The fourth-order valence-corrected chi connectivity index (χ4v) is 1.98. The third-order valence-electron chi connectivity index (χ3n) is 2.16. The number of thiocarbonyl (C=S) groups is 1. The Labute approximate surface area is 139 Å². The molecule has 4 nitrogen and oxygen atoms in total. The predicted octanol–water partition coefficient (Wildman–Crippen LogP) is 3.30. The zero-order valence-corrected chi connectivity index (χ0v) is 14.3. The van der Waals surface area contributed by atoms with Crippen LogP contribution in [-0.2, 0) is 4.79 Å². The van der Waals surface area contributed by atoms with Gasteiger partial charge >= 0.3 is 0 Å². The van der Waals surface area contributed by atoms with E-state index in [2.05, 4.69) is 16.2 Å². The van der Waals surface area contributed by atoms with Gasteiger partial charge in [0.1, 0.15) is 0 Å². The van der Waals surface area contributed by atoms with Crippen LogP contribution in [0.3, 0.4) is 0 Å². The van der Waals surface area contributed by atoms with Crippen LogP contribution in [0.5, 0.6) is 0 Å². The highest BCUT2D eigenvalue weighted by Gasteiger charge is 2.10. The van der Waals surface area contributed by atoms with Crippen LogP contribution in [0.1, 0.15) is 26.3 Å². The molecule has 21 heavy (non-hydrogen) atoms. The minimum atomic E-state index is -0.334. The molecule has 0 heterocycles. The van der Waals surface area contributed by atoms with Gasteiger partial charge in [-0.25, -0.2) is 0 Å². The first-order valence-electron chi connectivity index (χ1n) is 6.18. The minimum absolute atomic E-state index is 0.176. The largest absolute Gasteiger partial charge is 0.357 e. The molecule has 1 rings (SSSR count). The average Bonchev–Trinajstić information content (AvgIpc) is 2.36. The van der Waals surface area contributed by atoms with Gasteiger partial charge in [-0.05, 0) is 56.8 Å². The summed E-state index contributed by atoms with van der Waals surface area (Å²) < 4.78 is 0. The summed E-state index contributed by atoms with van der Waals surface area (Å²) in [6, 6.07) is 5.10. The van der Waals surface area contributed by atoms with Crippen molar-refractivity contribution >= 4 is 52.5 Å². The summed E-state index contributed by atoms with van der Waals surface area (Å²) in [5.41, 5.74) is 5.68. The van der Waals surface area contributed by atoms with E-state index in [1.165, 1.54) is 6.08 Å². The number of carbonyl (C=O) groups is 1. The van der Waals surface area contributed by atoms with Gasteiger partial charge in [0.25, 0.3) is 5.91 Å². The number of rotatable bonds is 2. The van der Waals surface area contributed by atoms with Crippen molar-refractivity contribution < 1.29 is 4.79 Å². The van der Waals surface area contributed by atoms with Crippen molar-refractivity contribution in [3.63, 3.8) is 0 Å². The van der Waals surface area contributed by atoms with Gasteiger partial charge in [0, 0.05) is 11.6 Å². The summed E-state index contributed by atoms with van der Waals surface area (Å²) in [5, 5.41) is 4.27. The van der Waals surface area contributed by atoms with E-state index in [9.17, 15) is 4.79 Å². The second-order valence-electron chi connectivity index (χ2n) is 5.33. The first-order chi connectivity index (χ1) is 9.67. The predicted molar refractivity (Wildman–Crippen MR) is 92.3 cm³/mol. The van der Waals surface area contributed by atoms with Gasteiger partial charge in [-0.2, -0.15) is 0 Å². The van der Waals surface area contributed by atoms with Gasteiger partial charge in [-0.3, -0.25) is 15.6 Å². The molecule has 0 saturated carbocycles. The number of halogens is 2. The molecule has 0 saturated heterocycles. The van der Waals surface area contributed by atoms with Crippen LogP contribution in [0, 0.1) is 0 Å². The van der Waals surface area contributed by atoms with Crippen molar-refractivity contribution in [2.75, 3.05) is 0 Å². The van der Waals surface area contributed by atoms with Crippen LogP contribution in [0.15, 0.2) is 24.3 Å². The smallest absolute Gasteiger partial charge is 0.262 e. The van der Waals surface area contributed by atoms with E-state index in [4.69, 9.17) is 35.4 Å². The lowest BCUT2D eigenvalue weighted by Gasteiger charge is -2.22. The SMILES string of the molecule is CC(C)(C)NC(=S)NNC(=O)/C=C/c1ccc(Cl)c(Cl)c1. The molecule has 7 heteroatoms. The highest BCUT2D eigenvalue weighted by atomic mass is 35.5. The van der Waals surface area contributed by atoms with Gasteiger partial charge in [-0.1, -0.05) is 29.3 Å². The number of hydrazine groups is 1. The fraction of sp³-hybridized carbons (Fsp3) is 0.286. The van der Waals surface area contributed by atoms with Gasteiger partial charge in [0.15, 0.2) is 5.11 Å². The zero-order valence-electron chi connectivity index (χ0n) is 12.0. The van der Waals surface area contributed by atoms with Gasteiger partial charge in [0.2, 0.25) is 0 Å². The molecule has 1 aromatic rings. The zero-order chi connectivity index (χ0) is 16.0. The van der Waals surface area contributed by atoms with Crippen LogP contribution < -0.4 is 16.2 Å². The van der Waals surface area contributed by atoms with Gasteiger partial charge in [-0.15, -0.1) is 0 Å². The molecule has 1 aromatic carbocycles. The minimum Gasteiger partial charge on any atom is -0.357 e. The maximum absolute atomic E-state index is 11.6. The van der Waals surface area contributed by atoms with Crippen molar-refractivity contribution in [3.05, 3.63) is 39.9 Å². The molecule has 0 aliphatic rings.